The molecule has 0 radical (unpaired) electrons. The van der Waals surface area contributed by atoms with Gasteiger partial charge in [-0.25, -0.2) is 0 Å². The Kier molecular flexibility index (Phi) is 2.62. The molecule has 1 heterocycles. The molecule has 0 spiro atoms. The lowest BCUT2D eigenvalue weighted by molar-refractivity contribution is -0.141. The lowest BCUT2D eigenvalue weighted by atomic mass is 9.99. The third-order valence-corrected chi connectivity index (χ3v) is 3.93. The van der Waals surface area contributed by atoms with Crippen molar-refractivity contribution in [3.8, 4) is 0 Å². The normalized spacial score (nSPS) is 15.8. The summed E-state index contributed by atoms with van der Waals surface area (Å²) in [7, 11) is 0. The molecule has 18 heavy (non-hydrogen) atoms. The summed E-state index contributed by atoms with van der Waals surface area (Å²) in [5, 5.41) is 10.2. The highest BCUT2D eigenvalue weighted by Gasteiger charge is 2.17. The number of aryl methyl sites for hydroxylation is 2. The fraction of sp³-hybridized carbons (Fsp3) is 0.400. The number of carboxylic acid groups (broad SMARTS) is 1. The number of hydrogen-bond donors (Lipinski definition) is 2. The molecule has 0 saturated carbocycles. The third kappa shape index (κ3) is 1.80. The summed E-state index contributed by atoms with van der Waals surface area (Å²) in [6.07, 6.45) is 6.12. The maximum Gasteiger partial charge on any atom is 0.306 e. The first kappa shape index (κ1) is 11.3. The van der Waals surface area contributed by atoms with E-state index in [1.54, 1.807) is 6.92 Å². The highest BCUT2D eigenvalue weighted by molar-refractivity contribution is 5.85. The molecule has 1 unspecified atom stereocenters. The smallest absolute Gasteiger partial charge is 0.306 e. The molecule has 94 valence electrons. The fourth-order valence-electron chi connectivity index (χ4n) is 2.84. The van der Waals surface area contributed by atoms with Crippen molar-refractivity contribution in [2.45, 2.75) is 32.6 Å². The Bertz CT molecular complexity index is 612. The second kappa shape index (κ2) is 4.16. The number of fused-ring (bicyclic) bond motifs is 2. The van der Waals surface area contributed by atoms with Crippen molar-refractivity contribution in [3.63, 3.8) is 0 Å². The summed E-state index contributed by atoms with van der Waals surface area (Å²) in [6, 6.07) is 4.48. The van der Waals surface area contributed by atoms with Gasteiger partial charge in [0.05, 0.1) is 5.92 Å². The van der Waals surface area contributed by atoms with Gasteiger partial charge in [0.2, 0.25) is 0 Å². The number of aliphatic carboxylic acids is 1. The number of benzene rings is 1. The number of nitrogens with one attached hydrogen (secondary N) is 1. The lowest BCUT2D eigenvalue weighted by Gasteiger charge is -2.05. The lowest BCUT2D eigenvalue weighted by Crippen LogP contribution is -2.11. The number of H-pyrrole nitrogens is 1. The zero-order valence-electron chi connectivity index (χ0n) is 10.5. The number of hydrogen-bond acceptors (Lipinski definition) is 1. The minimum absolute atomic E-state index is 0.336. The molecule has 1 atom stereocenters. The van der Waals surface area contributed by atoms with Gasteiger partial charge >= 0.3 is 5.97 Å². The van der Waals surface area contributed by atoms with Crippen molar-refractivity contribution in [2.75, 3.05) is 0 Å². The maximum absolute atomic E-state index is 10.9. The van der Waals surface area contributed by atoms with Crippen molar-refractivity contribution >= 4 is 16.9 Å². The summed E-state index contributed by atoms with van der Waals surface area (Å²) < 4.78 is 0. The molecule has 0 aliphatic heterocycles. The summed E-state index contributed by atoms with van der Waals surface area (Å²) in [5.41, 5.74) is 5.14. The average Bonchev–Trinajstić information content (AvgIpc) is 2.93. The van der Waals surface area contributed by atoms with Crippen LogP contribution in [0.15, 0.2) is 18.3 Å². The molecule has 0 saturated heterocycles. The van der Waals surface area contributed by atoms with Crippen molar-refractivity contribution in [3.05, 3.63) is 35.0 Å². The molecule has 3 rings (SSSR count). The Morgan fingerprint density at radius 1 is 1.39 bits per heavy atom. The van der Waals surface area contributed by atoms with E-state index in [1.807, 2.05) is 6.20 Å². The molecule has 2 aromatic rings. The molecule has 0 amide bonds. The van der Waals surface area contributed by atoms with Gasteiger partial charge in [-0.1, -0.05) is 6.92 Å². The molecule has 3 nitrogen and oxygen atoms in total. The highest BCUT2D eigenvalue weighted by atomic mass is 16.4. The van der Waals surface area contributed by atoms with Gasteiger partial charge in [0.15, 0.2) is 0 Å². The molecule has 0 fully saturated rings. The number of carbonyl (C=O) groups is 1. The predicted molar refractivity (Wildman–Crippen MR) is 70.8 cm³/mol. The van der Waals surface area contributed by atoms with Crippen LogP contribution in [0.25, 0.3) is 10.9 Å². The highest BCUT2D eigenvalue weighted by Crippen LogP contribution is 2.29. The summed E-state index contributed by atoms with van der Waals surface area (Å²) >= 11 is 0. The van der Waals surface area contributed by atoms with E-state index in [0.29, 0.717) is 6.42 Å². The van der Waals surface area contributed by atoms with Crippen LogP contribution < -0.4 is 0 Å². The topological polar surface area (TPSA) is 53.1 Å². The van der Waals surface area contributed by atoms with Gasteiger partial charge in [-0.3, -0.25) is 4.79 Å². The van der Waals surface area contributed by atoms with Gasteiger partial charge in [0.25, 0.3) is 0 Å². The quantitative estimate of drug-likeness (QED) is 0.870. The van der Waals surface area contributed by atoms with E-state index in [-0.39, 0.29) is 5.92 Å². The largest absolute Gasteiger partial charge is 0.481 e. The zero-order valence-corrected chi connectivity index (χ0v) is 10.5. The molecule has 1 aliphatic rings. The van der Waals surface area contributed by atoms with Gasteiger partial charge in [-0.05, 0) is 54.5 Å². The van der Waals surface area contributed by atoms with Crippen molar-refractivity contribution in [2.24, 2.45) is 5.92 Å². The first-order chi connectivity index (χ1) is 8.65. The Labute approximate surface area is 106 Å². The average molecular weight is 243 g/mol. The molecule has 0 bridgehead atoms. The van der Waals surface area contributed by atoms with Crippen LogP contribution >= 0.6 is 0 Å². The van der Waals surface area contributed by atoms with Crippen molar-refractivity contribution < 1.29 is 9.90 Å². The monoisotopic (exact) mass is 243 g/mol. The molecule has 1 aromatic carbocycles. The summed E-state index contributed by atoms with van der Waals surface area (Å²) in [6.45, 7) is 1.76. The van der Waals surface area contributed by atoms with Gasteiger partial charge in [0, 0.05) is 17.1 Å². The Balaban J connectivity index is 2.01. The van der Waals surface area contributed by atoms with Crippen molar-refractivity contribution in [1.82, 2.24) is 4.98 Å². The minimum Gasteiger partial charge on any atom is -0.481 e. The molecular weight excluding hydrogens is 226 g/mol. The standard InChI is InChI=1S/C15H17NO2/c1-9(15(17)18)5-12-8-16-14-7-11-4-2-3-10(11)6-13(12)14/h6-9,16H,2-5H2,1H3,(H,17,18). The van der Waals surface area contributed by atoms with E-state index in [2.05, 4.69) is 17.1 Å². The van der Waals surface area contributed by atoms with E-state index < -0.39 is 5.97 Å². The van der Waals surface area contributed by atoms with E-state index >= 15 is 0 Å². The molecule has 3 heteroatoms. The second-order valence-electron chi connectivity index (χ2n) is 5.28. The van der Waals surface area contributed by atoms with Crippen LogP contribution in [0.4, 0.5) is 0 Å². The van der Waals surface area contributed by atoms with Crippen LogP contribution in [0.1, 0.15) is 30.0 Å². The van der Waals surface area contributed by atoms with Gasteiger partial charge < -0.3 is 10.1 Å². The van der Waals surface area contributed by atoms with E-state index in [0.717, 1.165) is 17.5 Å². The van der Waals surface area contributed by atoms with Gasteiger partial charge in [-0.15, -0.1) is 0 Å². The molecule has 1 aromatic heterocycles. The van der Waals surface area contributed by atoms with Crippen molar-refractivity contribution in [1.29, 1.82) is 0 Å². The van der Waals surface area contributed by atoms with Crippen LogP contribution in [0.3, 0.4) is 0 Å². The van der Waals surface area contributed by atoms with E-state index in [9.17, 15) is 4.79 Å². The molecular formula is C15H17NO2. The zero-order chi connectivity index (χ0) is 12.7. The summed E-state index contributed by atoms with van der Waals surface area (Å²) in [5.74, 6) is -1.07. The number of rotatable bonds is 3. The number of carboxylic acids is 1. The van der Waals surface area contributed by atoms with E-state index in [1.165, 1.54) is 29.4 Å². The Hall–Kier alpha value is -1.77. The fourth-order valence-corrected chi connectivity index (χ4v) is 2.84. The van der Waals surface area contributed by atoms with Gasteiger partial charge in [0.1, 0.15) is 0 Å². The van der Waals surface area contributed by atoms with E-state index in [4.69, 9.17) is 5.11 Å². The SMILES string of the molecule is CC(Cc1c[nH]c2cc3c(cc12)CCC3)C(=O)O. The Morgan fingerprint density at radius 2 is 2.11 bits per heavy atom. The Morgan fingerprint density at radius 3 is 2.83 bits per heavy atom. The van der Waals surface area contributed by atoms with Crippen LogP contribution in [0, 0.1) is 5.92 Å². The first-order valence-corrected chi connectivity index (χ1v) is 6.49. The van der Waals surface area contributed by atoms with Gasteiger partial charge in [-0.2, -0.15) is 0 Å². The predicted octanol–water partition coefficient (Wildman–Crippen LogP) is 2.92. The van der Waals surface area contributed by atoms with Crippen LogP contribution in [0.5, 0.6) is 0 Å². The number of aromatic nitrogens is 1. The first-order valence-electron chi connectivity index (χ1n) is 6.49. The summed E-state index contributed by atoms with van der Waals surface area (Å²) in [4.78, 5) is 14.2. The van der Waals surface area contributed by atoms with Crippen LogP contribution in [-0.4, -0.2) is 16.1 Å². The minimum atomic E-state index is -0.731. The molecule has 2 N–H and O–H groups in total. The van der Waals surface area contributed by atoms with Crippen LogP contribution in [0.2, 0.25) is 0 Å². The third-order valence-electron chi connectivity index (χ3n) is 3.93. The maximum atomic E-state index is 10.9. The van der Waals surface area contributed by atoms with Crippen LogP contribution in [-0.2, 0) is 24.1 Å². The second-order valence-corrected chi connectivity index (χ2v) is 5.28. The molecule has 1 aliphatic carbocycles. The number of aromatic amines is 1.